The number of likely N-dealkylation sites (N-methyl/N-ethyl adjacent to an activating group) is 1. The number of carboxylic acid groups (broad SMARTS) is 1. The van der Waals surface area contributed by atoms with E-state index >= 15 is 0 Å². The third-order valence-corrected chi connectivity index (χ3v) is 8.28. The minimum Gasteiger partial charge on any atom is -0.480 e. The van der Waals surface area contributed by atoms with Crippen molar-refractivity contribution in [1.82, 2.24) is 19.4 Å². The smallest absolute Gasteiger partial charge is 0.327 e. The van der Waals surface area contributed by atoms with Crippen LogP contribution in [0, 0.1) is 0 Å². The molecule has 10 nitrogen and oxygen atoms in total. The molecule has 0 radical (unpaired) electrons. The summed E-state index contributed by atoms with van der Waals surface area (Å²) in [5.41, 5.74) is 0.935. The lowest BCUT2D eigenvalue weighted by Crippen LogP contribution is -2.45. The molecular weight excluding hydrogens is 563 g/mol. The van der Waals surface area contributed by atoms with Crippen molar-refractivity contribution in [3.8, 4) is 5.82 Å². The van der Waals surface area contributed by atoms with E-state index in [1.165, 1.54) is 18.2 Å². The van der Waals surface area contributed by atoms with E-state index in [9.17, 15) is 18.3 Å². The molecule has 0 amide bonds. The lowest BCUT2D eigenvalue weighted by Gasteiger charge is -2.30. The molecule has 4 rings (SSSR count). The van der Waals surface area contributed by atoms with Crippen LogP contribution in [-0.4, -0.2) is 72.2 Å². The van der Waals surface area contributed by atoms with Gasteiger partial charge in [-0.25, -0.2) is 23.2 Å². The summed E-state index contributed by atoms with van der Waals surface area (Å²) >= 11 is 12.1. The van der Waals surface area contributed by atoms with Crippen molar-refractivity contribution in [3.63, 3.8) is 0 Å². The lowest BCUT2D eigenvalue weighted by atomic mass is 10.2. The fraction of sp³-hybridized carbons (Fsp3) is 0.269. The van der Waals surface area contributed by atoms with E-state index in [4.69, 9.17) is 23.2 Å². The van der Waals surface area contributed by atoms with Gasteiger partial charge in [0.15, 0.2) is 5.82 Å². The number of benzene rings is 2. The van der Waals surface area contributed by atoms with Crippen LogP contribution in [0.1, 0.15) is 13.3 Å². The fourth-order valence-electron chi connectivity index (χ4n) is 4.13. The van der Waals surface area contributed by atoms with Crippen molar-refractivity contribution < 1.29 is 18.3 Å². The Balaban J connectivity index is 1.72. The van der Waals surface area contributed by atoms with Gasteiger partial charge >= 0.3 is 5.97 Å². The van der Waals surface area contributed by atoms with Gasteiger partial charge in [-0.3, -0.25) is 8.87 Å². The topological polar surface area (TPSA) is 121 Å². The number of aromatic nitrogens is 3. The zero-order valence-corrected chi connectivity index (χ0v) is 23.9. The number of aliphatic carboxylic acids is 1. The number of rotatable bonds is 11. The molecule has 13 heteroatoms. The lowest BCUT2D eigenvalue weighted by molar-refractivity contribution is -0.138. The van der Waals surface area contributed by atoms with Gasteiger partial charge in [0.25, 0.3) is 10.0 Å². The molecule has 1 atom stereocenters. The van der Waals surface area contributed by atoms with Gasteiger partial charge in [-0.2, -0.15) is 0 Å². The standard InChI is InChI=1S/C26H28Cl2N6O4S/c1-4-22(26(35)36)34(39(37,38)21-13-18(27)12-19(28)14-21)20-5-6-23-17(11-20)7-9-33(23)25-16-30-24(15-31-25)29-8-10-32(2)3/h5-7,9,11-16,22H,4,8,10H2,1-3H3,(H,29,30)(H,35,36). The minimum absolute atomic E-state index is 0.0342. The van der Waals surface area contributed by atoms with E-state index in [1.54, 1.807) is 49.8 Å². The molecule has 0 aliphatic carbocycles. The maximum atomic E-state index is 13.8. The summed E-state index contributed by atoms with van der Waals surface area (Å²) in [6.45, 7) is 3.19. The number of hydrogen-bond donors (Lipinski definition) is 2. The molecule has 206 valence electrons. The van der Waals surface area contributed by atoms with Gasteiger partial charge in [-0.1, -0.05) is 30.1 Å². The summed E-state index contributed by atoms with van der Waals surface area (Å²) in [5.74, 6) is -0.0482. The largest absolute Gasteiger partial charge is 0.480 e. The quantitative estimate of drug-likeness (QED) is 0.256. The zero-order chi connectivity index (χ0) is 28.3. The Kier molecular flexibility index (Phi) is 8.65. The molecule has 0 saturated carbocycles. The Morgan fingerprint density at radius 3 is 2.38 bits per heavy atom. The van der Waals surface area contributed by atoms with Crippen LogP contribution in [0.4, 0.5) is 11.5 Å². The van der Waals surface area contributed by atoms with E-state index in [-0.39, 0.29) is 27.0 Å². The van der Waals surface area contributed by atoms with Crippen LogP contribution in [0.15, 0.2) is 66.0 Å². The van der Waals surface area contributed by atoms with Crippen molar-refractivity contribution >= 4 is 61.6 Å². The average molecular weight is 592 g/mol. The van der Waals surface area contributed by atoms with Crippen LogP contribution in [0.2, 0.25) is 10.0 Å². The van der Waals surface area contributed by atoms with E-state index in [1.807, 2.05) is 18.7 Å². The number of carbonyl (C=O) groups is 1. The first-order valence-electron chi connectivity index (χ1n) is 12.1. The highest BCUT2D eigenvalue weighted by Gasteiger charge is 2.36. The second kappa shape index (κ2) is 11.8. The molecule has 0 aliphatic rings. The first-order valence-corrected chi connectivity index (χ1v) is 14.3. The van der Waals surface area contributed by atoms with Crippen LogP contribution < -0.4 is 9.62 Å². The van der Waals surface area contributed by atoms with Gasteiger partial charge in [0.1, 0.15) is 11.9 Å². The first kappa shape index (κ1) is 28.6. The normalized spacial score (nSPS) is 12.6. The molecule has 2 aromatic carbocycles. The summed E-state index contributed by atoms with van der Waals surface area (Å²) in [5, 5.41) is 14.1. The zero-order valence-electron chi connectivity index (χ0n) is 21.5. The van der Waals surface area contributed by atoms with Gasteiger partial charge in [-0.15, -0.1) is 0 Å². The number of fused-ring (bicyclic) bond motifs is 1. The molecule has 0 aliphatic heterocycles. The predicted molar refractivity (Wildman–Crippen MR) is 154 cm³/mol. The summed E-state index contributed by atoms with van der Waals surface area (Å²) in [4.78, 5) is 22.9. The van der Waals surface area contributed by atoms with Gasteiger partial charge in [-0.05, 0) is 63.0 Å². The SMILES string of the molecule is CCC(C(=O)O)N(c1ccc2c(ccn2-c2cnc(NCCN(C)C)cn2)c1)S(=O)(=O)c1cc(Cl)cc(Cl)c1. The number of nitrogens with zero attached hydrogens (tertiary/aromatic N) is 5. The fourth-order valence-corrected chi connectivity index (χ4v) is 6.53. The number of hydrogen-bond acceptors (Lipinski definition) is 7. The average Bonchev–Trinajstić information content (AvgIpc) is 3.29. The Morgan fingerprint density at radius 1 is 1.08 bits per heavy atom. The number of carboxylic acids is 1. The Hall–Kier alpha value is -3.38. The van der Waals surface area contributed by atoms with Crippen molar-refractivity contribution in [2.24, 2.45) is 0 Å². The van der Waals surface area contributed by atoms with Crippen molar-refractivity contribution in [2.45, 2.75) is 24.3 Å². The predicted octanol–water partition coefficient (Wildman–Crippen LogP) is 4.76. The van der Waals surface area contributed by atoms with Crippen LogP contribution in [0.25, 0.3) is 16.7 Å². The molecule has 1 unspecified atom stereocenters. The Morgan fingerprint density at radius 2 is 1.79 bits per heavy atom. The first-order chi connectivity index (χ1) is 18.5. The van der Waals surface area contributed by atoms with Gasteiger partial charge in [0.2, 0.25) is 0 Å². The second-order valence-electron chi connectivity index (χ2n) is 9.09. The number of halogens is 2. The molecule has 0 spiro atoms. The number of anilines is 2. The van der Waals surface area contributed by atoms with E-state index in [0.29, 0.717) is 17.0 Å². The Bertz CT molecular complexity index is 1570. The summed E-state index contributed by atoms with van der Waals surface area (Å²) in [6.07, 6.45) is 5.12. The van der Waals surface area contributed by atoms with Crippen LogP contribution in [0.3, 0.4) is 0 Å². The second-order valence-corrected chi connectivity index (χ2v) is 11.8. The highest BCUT2D eigenvalue weighted by molar-refractivity contribution is 7.93. The minimum atomic E-state index is -4.34. The molecule has 0 fully saturated rings. The maximum Gasteiger partial charge on any atom is 0.327 e. The van der Waals surface area contributed by atoms with E-state index < -0.39 is 22.0 Å². The van der Waals surface area contributed by atoms with Gasteiger partial charge in [0, 0.05) is 34.7 Å². The monoisotopic (exact) mass is 590 g/mol. The highest BCUT2D eigenvalue weighted by atomic mass is 35.5. The van der Waals surface area contributed by atoms with Crippen molar-refractivity contribution in [1.29, 1.82) is 0 Å². The molecule has 0 saturated heterocycles. The summed E-state index contributed by atoms with van der Waals surface area (Å²) in [7, 11) is -0.362. The molecule has 39 heavy (non-hydrogen) atoms. The third kappa shape index (κ3) is 6.27. The van der Waals surface area contributed by atoms with Crippen LogP contribution in [0.5, 0.6) is 0 Å². The van der Waals surface area contributed by atoms with Gasteiger partial charge in [0.05, 0.1) is 28.5 Å². The van der Waals surface area contributed by atoms with Crippen molar-refractivity contribution in [3.05, 3.63) is 71.1 Å². The third-order valence-electron chi connectivity index (χ3n) is 6.03. The highest BCUT2D eigenvalue weighted by Crippen LogP contribution is 2.33. The molecular formula is C26H28Cl2N6O4S. The maximum absolute atomic E-state index is 13.8. The van der Waals surface area contributed by atoms with E-state index in [0.717, 1.165) is 22.9 Å². The molecule has 2 heterocycles. The molecule has 0 bridgehead atoms. The molecule has 4 aromatic rings. The van der Waals surface area contributed by atoms with Crippen molar-refractivity contribution in [2.75, 3.05) is 36.8 Å². The number of sulfonamides is 1. The summed E-state index contributed by atoms with van der Waals surface area (Å²) < 4.78 is 30.2. The molecule has 2 aromatic heterocycles. The van der Waals surface area contributed by atoms with E-state index in [2.05, 4.69) is 20.2 Å². The Labute approximate surface area is 236 Å². The number of nitrogens with one attached hydrogen (secondary N) is 1. The van der Waals surface area contributed by atoms with Crippen LogP contribution >= 0.6 is 23.2 Å². The van der Waals surface area contributed by atoms with Gasteiger partial charge < -0.3 is 15.3 Å². The molecule has 2 N–H and O–H groups in total. The van der Waals surface area contributed by atoms with Crippen LogP contribution in [-0.2, 0) is 14.8 Å². The summed E-state index contributed by atoms with van der Waals surface area (Å²) in [6, 6.07) is 9.26.